The molecular weight excluding hydrogens is 272 g/mol. The SMILES string of the molecule is CN(C)c1ccc(/C=C/c2ccnc3ccccc23)cc1O. The van der Waals surface area contributed by atoms with Crippen molar-refractivity contribution in [2.75, 3.05) is 19.0 Å². The lowest BCUT2D eigenvalue weighted by Gasteiger charge is -2.14. The van der Waals surface area contributed by atoms with Crippen LogP contribution in [0.4, 0.5) is 5.69 Å². The predicted octanol–water partition coefficient (Wildman–Crippen LogP) is 4.18. The molecule has 0 amide bonds. The zero-order valence-corrected chi connectivity index (χ0v) is 12.7. The highest BCUT2D eigenvalue weighted by Crippen LogP contribution is 2.27. The van der Waals surface area contributed by atoms with Crippen molar-refractivity contribution in [3.63, 3.8) is 0 Å². The minimum Gasteiger partial charge on any atom is -0.506 e. The fourth-order valence-corrected chi connectivity index (χ4v) is 2.47. The number of nitrogens with zero attached hydrogens (tertiary/aromatic N) is 2. The van der Waals surface area contributed by atoms with Crippen molar-refractivity contribution in [3.05, 3.63) is 65.9 Å². The van der Waals surface area contributed by atoms with Gasteiger partial charge in [-0.25, -0.2) is 0 Å². The van der Waals surface area contributed by atoms with Crippen LogP contribution in [-0.4, -0.2) is 24.2 Å². The first-order chi connectivity index (χ1) is 10.6. The number of phenolic OH excluding ortho intramolecular Hbond substituents is 1. The van der Waals surface area contributed by atoms with Crippen molar-refractivity contribution >= 4 is 28.7 Å². The Balaban J connectivity index is 1.95. The molecule has 0 saturated heterocycles. The smallest absolute Gasteiger partial charge is 0.139 e. The number of para-hydroxylation sites is 1. The van der Waals surface area contributed by atoms with Crippen LogP contribution < -0.4 is 4.90 Å². The molecule has 0 spiro atoms. The van der Waals surface area contributed by atoms with Crippen molar-refractivity contribution in [1.82, 2.24) is 4.98 Å². The first kappa shape index (κ1) is 14.1. The Morgan fingerprint density at radius 2 is 1.82 bits per heavy atom. The molecule has 0 unspecified atom stereocenters. The maximum Gasteiger partial charge on any atom is 0.139 e. The lowest BCUT2D eigenvalue weighted by atomic mass is 10.1. The van der Waals surface area contributed by atoms with Gasteiger partial charge in [-0.2, -0.15) is 0 Å². The highest BCUT2D eigenvalue weighted by Gasteiger charge is 2.03. The number of fused-ring (bicyclic) bond motifs is 1. The number of anilines is 1. The quantitative estimate of drug-likeness (QED) is 0.786. The van der Waals surface area contributed by atoms with Gasteiger partial charge in [-0.1, -0.05) is 36.4 Å². The predicted molar refractivity (Wildman–Crippen MR) is 93.1 cm³/mol. The van der Waals surface area contributed by atoms with E-state index in [0.29, 0.717) is 0 Å². The number of aromatic nitrogens is 1. The molecule has 2 aromatic carbocycles. The average Bonchev–Trinajstić information content (AvgIpc) is 2.52. The van der Waals surface area contributed by atoms with Crippen molar-refractivity contribution in [2.24, 2.45) is 0 Å². The Kier molecular flexibility index (Phi) is 3.79. The monoisotopic (exact) mass is 290 g/mol. The molecule has 0 fully saturated rings. The number of pyridine rings is 1. The van der Waals surface area contributed by atoms with Crippen molar-refractivity contribution in [2.45, 2.75) is 0 Å². The lowest BCUT2D eigenvalue weighted by Crippen LogP contribution is -2.08. The molecule has 3 heteroatoms. The van der Waals surface area contributed by atoms with Crippen molar-refractivity contribution < 1.29 is 5.11 Å². The van der Waals surface area contributed by atoms with E-state index >= 15 is 0 Å². The van der Waals surface area contributed by atoms with E-state index in [2.05, 4.69) is 11.1 Å². The molecule has 3 nitrogen and oxygen atoms in total. The van der Waals surface area contributed by atoms with Gasteiger partial charge in [0, 0.05) is 25.7 Å². The molecule has 22 heavy (non-hydrogen) atoms. The molecule has 0 atom stereocenters. The molecule has 0 radical (unpaired) electrons. The van der Waals surface area contributed by atoms with E-state index < -0.39 is 0 Å². The highest BCUT2D eigenvalue weighted by atomic mass is 16.3. The van der Waals surface area contributed by atoms with E-state index in [1.807, 2.05) is 73.7 Å². The first-order valence-corrected chi connectivity index (χ1v) is 7.17. The maximum atomic E-state index is 10.0. The van der Waals surface area contributed by atoms with Crippen LogP contribution in [-0.2, 0) is 0 Å². The number of hydrogen-bond donors (Lipinski definition) is 1. The minimum atomic E-state index is 0.284. The number of rotatable bonds is 3. The summed E-state index contributed by atoms with van der Waals surface area (Å²) in [6.45, 7) is 0. The number of benzene rings is 2. The third-order valence-electron chi connectivity index (χ3n) is 3.62. The third-order valence-corrected chi connectivity index (χ3v) is 3.62. The molecule has 3 rings (SSSR count). The number of phenols is 1. The van der Waals surface area contributed by atoms with Crippen LogP contribution >= 0.6 is 0 Å². The first-order valence-electron chi connectivity index (χ1n) is 7.17. The van der Waals surface area contributed by atoms with Gasteiger partial charge < -0.3 is 10.0 Å². The molecule has 1 heterocycles. The van der Waals surface area contributed by atoms with Gasteiger partial charge in [0.15, 0.2) is 0 Å². The fourth-order valence-electron chi connectivity index (χ4n) is 2.47. The van der Waals surface area contributed by atoms with Crippen LogP contribution in [0.5, 0.6) is 5.75 Å². The van der Waals surface area contributed by atoms with E-state index in [4.69, 9.17) is 0 Å². The van der Waals surface area contributed by atoms with E-state index in [-0.39, 0.29) is 5.75 Å². The largest absolute Gasteiger partial charge is 0.506 e. The normalized spacial score (nSPS) is 11.2. The Hall–Kier alpha value is -2.81. The topological polar surface area (TPSA) is 36.4 Å². The fraction of sp³-hybridized carbons (Fsp3) is 0.105. The summed E-state index contributed by atoms with van der Waals surface area (Å²) in [4.78, 5) is 6.25. The Morgan fingerprint density at radius 3 is 2.59 bits per heavy atom. The van der Waals surface area contributed by atoms with Crippen LogP contribution in [0, 0.1) is 0 Å². The summed E-state index contributed by atoms with van der Waals surface area (Å²) in [7, 11) is 3.82. The van der Waals surface area contributed by atoms with E-state index in [9.17, 15) is 5.11 Å². The van der Waals surface area contributed by atoms with Gasteiger partial charge in [-0.05, 0) is 35.4 Å². The van der Waals surface area contributed by atoms with E-state index in [0.717, 1.165) is 27.7 Å². The van der Waals surface area contributed by atoms with Gasteiger partial charge in [0.25, 0.3) is 0 Å². The molecule has 0 aliphatic carbocycles. The molecule has 1 N–H and O–H groups in total. The number of hydrogen-bond acceptors (Lipinski definition) is 3. The standard InChI is InChI=1S/C19H18N2O/c1-21(2)18-10-8-14(13-19(18)22)7-9-15-11-12-20-17-6-4-3-5-16(15)17/h3-13,22H,1-2H3/b9-7+. The summed E-state index contributed by atoms with van der Waals surface area (Å²) in [6.07, 6.45) is 5.86. The molecule has 3 aromatic rings. The summed E-state index contributed by atoms with van der Waals surface area (Å²) in [5.41, 5.74) is 3.87. The summed E-state index contributed by atoms with van der Waals surface area (Å²) in [6, 6.07) is 15.7. The number of aromatic hydroxyl groups is 1. The second kappa shape index (κ2) is 5.90. The molecule has 0 aliphatic rings. The zero-order valence-electron chi connectivity index (χ0n) is 12.7. The molecule has 0 saturated carbocycles. The van der Waals surface area contributed by atoms with Crippen LogP contribution in [0.25, 0.3) is 23.1 Å². The van der Waals surface area contributed by atoms with Crippen molar-refractivity contribution in [1.29, 1.82) is 0 Å². The van der Waals surface area contributed by atoms with E-state index in [1.165, 1.54) is 0 Å². The molecule has 110 valence electrons. The van der Waals surface area contributed by atoms with Crippen LogP contribution in [0.3, 0.4) is 0 Å². The summed E-state index contributed by atoms with van der Waals surface area (Å²) < 4.78 is 0. The molecular formula is C19H18N2O. The highest BCUT2D eigenvalue weighted by molar-refractivity contribution is 5.90. The van der Waals surface area contributed by atoms with Gasteiger partial charge in [0.1, 0.15) is 5.75 Å². The maximum absolute atomic E-state index is 10.0. The Labute approximate surface area is 130 Å². The summed E-state index contributed by atoms with van der Waals surface area (Å²) >= 11 is 0. The van der Waals surface area contributed by atoms with Crippen LogP contribution in [0.1, 0.15) is 11.1 Å². The molecule has 0 aliphatic heterocycles. The molecule has 1 aromatic heterocycles. The van der Waals surface area contributed by atoms with Gasteiger partial charge in [-0.3, -0.25) is 4.98 Å². The van der Waals surface area contributed by atoms with Gasteiger partial charge in [0.2, 0.25) is 0 Å². The third kappa shape index (κ3) is 2.79. The average molecular weight is 290 g/mol. The summed E-state index contributed by atoms with van der Waals surface area (Å²) in [5, 5.41) is 11.2. The molecule has 0 bridgehead atoms. The minimum absolute atomic E-state index is 0.284. The Bertz CT molecular complexity index is 832. The van der Waals surface area contributed by atoms with Gasteiger partial charge >= 0.3 is 0 Å². The van der Waals surface area contributed by atoms with Gasteiger partial charge in [-0.15, -0.1) is 0 Å². The zero-order chi connectivity index (χ0) is 15.5. The van der Waals surface area contributed by atoms with Crippen LogP contribution in [0.2, 0.25) is 0 Å². The second-order valence-corrected chi connectivity index (χ2v) is 5.39. The van der Waals surface area contributed by atoms with E-state index in [1.54, 1.807) is 6.07 Å². The van der Waals surface area contributed by atoms with Gasteiger partial charge in [0.05, 0.1) is 11.2 Å². The summed E-state index contributed by atoms with van der Waals surface area (Å²) in [5.74, 6) is 0.284. The Morgan fingerprint density at radius 1 is 1.00 bits per heavy atom. The van der Waals surface area contributed by atoms with Crippen LogP contribution in [0.15, 0.2) is 54.7 Å². The van der Waals surface area contributed by atoms with Crippen molar-refractivity contribution in [3.8, 4) is 5.75 Å². The second-order valence-electron chi connectivity index (χ2n) is 5.39. The lowest BCUT2D eigenvalue weighted by molar-refractivity contribution is 0.475.